The summed E-state index contributed by atoms with van der Waals surface area (Å²) in [6.07, 6.45) is -4.50. The van der Waals surface area contributed by atoms with Gasteiger partial charge in [-0.15, -0.1) is 11.8 Å². The van der Waals surface area contributed by atoms with E-state index in [-0.39, 0.29) is 10.7 Å². The largest absolute Gasteiger partial charge is 0.416 e. The molecule has 0 spiro atoms. The number of halogens is 5. The molecular formula is C16H12BrClF3NOS. The van der Waals surface area contributed by atoms with E-state index in [1.165, 1.54) is 11.8 Å². The van der Waals surface area contributed by atoms with Gasteiger partial charge in [0.05, 0.1) is 21.5 Å². The second-order valence-electron chi connectivity index (χ2n) is 4.90. The number of thioether (sulfide) groups is 1. The average molecular weight is 439 g/mol. The smallest absolute Gasteiger partial charge is 0.324 e. The molecule has 1 atom stereocenters. The lowest BCUT2D eigenvalue weighted by Crippen LogP contribution is -2.22. The van der Waals surface area contributed by atoms with Gasteiger partial charge in [0.25, 0.3) is 0 Å². The van der Waals surface area contributed by atoms with Gasteiger partial charge in [-0.05, 0) is 49.4 Å². The highest BCUT2D eigenvalue weighted by Gasteiger charge is 2.31. The number of rotatable bonds is 4. The number of alkyl halides is 3. The zero-order valence-electron chi connectivity index (χ0n) is 12.3. The third-order valence-corrected chi connectivity index (χ3v) is 5.02. The van der Waals surface area contributed by atoms with Gasteiger partial charge in [-0.25, -0.2) is 0 Å². The molecule has 0 saturated heterocycles. The van der Waals surface area contributed by atoms with Gasteiger partial charge in [-0.2, -0.15) is 13.2 Å². The summed E-state index contributed by atoms with van der Waals surface area (Å²) in [5.41, 5.74) is -0.921. The average Bonchev–Trinajstić information content (AvgIpc) is 2.50. The van der Waals surface area contributed by atoms with E-state index in [4.69, 9.17) is 11.6 Å². The van der Waals surface area contributed by atoms with Crippen molar-refractivity contribution in [2.45, 2.75) is 23.2 Å². The Morgan fingerprint density at radius 3 is 2.42 bits per heavy atom. The van der Waals surface area contributed by atoms with E-state index in [0.29, 0.717) is 0 Å². The van der Waals surface area contributed by atoms with Crippen molar-refractivity contribution in [3.05, 3.63) is 57.5 Å². The fraction of sp³-hybridized carbons (Fsp3) is 0.188. The lowest BCUT2D eigenvalue weighted by molar-refractivity contribution is -0.137. The first-order chi connectivity index (χ1) is 11.2. The minimum absolute atomic E-state index is 0.0530. The first-order valence-corrected chi connectivity index (χ1v) is 8.81. The molecule has 0 radical (unpaired) electrons. The van der Waals surface area contributed by atoms with Crippen LogP contribution in [0.4, 0.5) is 18.9 Å². The van der Waals surface area contributed by atoms with Crippen molar-refractivity contribution in [3.63, 3.8) is 0 Å². The summed E-state index contributed by atoms with van der Waals surface area (Å²) in [5, 5.41) is 2.00. The molecule has 1 amide bonds. The number of nitrogens with one attached hydrogen (secondary N) is 1. The molecule has 0 heterocycles. The standard InChI is InChI=1S/C16H12BrClF3NOS/c1-9(24-12-5-3-11(17)4-6-12)15(23)22-14-8-10(16(19,20)21)2-7-13(14)18/h2-9H,1H3,(H,22,23). The molecule has 0 aromatic heterocycles. The summed E-state index contributed by atoms with van der Waals surface area (Å²) in [6.45, 7) is 1.67. The Morgan fingerprint density at radius 1 is 1.21 bits per heavy atom. The van der Waals surface area contributed by atoms with Crippen LogP contribution >= 0.6 is 39.3 Å². The highest BCUT2D eigenvalue weighted by atomic mass is 79.9. The predicted octanol–water partition coefficient (Wildman–Crippen LogP) is 6.24. The van der Waals surface area contributed by atoms with Gasteiger partial charge in [-0.3, -0.25) is 4.79 Å². The summed E-state index contributed by atoms with van der Waals surface area (Å²) in [6, 6.07) is 10.2. The number of amides is 1. The van der Waals surface area contributed by atoms with Gasteiger partial charge < -0.3 is 5.32 Å². The highest BCUT2D eigenvalue weighted by molar-refractivity contribution is 9.10. The zero-order valence-corrected chi connectivity index (χ0v) is 15.5. The summed E-state index contributed by atoms with van der Waals surface area (Å²) < 4.78 is 39.2. The van der Waals surface area contributed by atoms with Crippen LogP contribution in [-0.2, 0) is 11.0 Å². The molecule has 0 fully saturated rings. The molecule has 2 rings (SSSR count). The Morgan fingerprint density at radius 2 is 1.83 bits per heavy atom. The topological polar surface area (TPSA) is 29.1 Å². The van der Waals surface area contributed by atoms with E-state index < -0.39 is 22.9 Å². The first kappa shape index (κ1) is 19.1. The maximum Gasteiger partial charge on any atom is 0.416 e. The Kier molecular flexibility index (Phi) is 6.22. The summed E-state index contributed by atoms with van der Waals surface area (Å²) in [5.74, 6) is -0.427. The van der Waals surface area contributed by atoms with Gasteiger partial charge in [-0.1, -0.05) is 27.5 Å². The first-order valence-electron chi connectivity index (χ1n) is 6.76. The molecule has 1 N–H and O–H groups in total. The van der Waals surface area contributed by atoms with Crippen LogP contribution in [0.5, 0.6) is 0 Å². The van der Waals surface area contributed by atoms with Crippen LogP contribution in [-0.4, -0.2) is 11.2 Å². The molecule has 1 unspecified atom stereocenters. The van der Waals surface area contributed by atoms with Crippen LogP contribution in [0, 0.1) is 0 Å². The van der Waals surface area contributed by atoms with Crippen molar-refractivity contribution in [3.8, 4) is 0 Å². The maximum absolute atomic E-state index is 12.8. The zero-order chi connectivity index (χ0) is 17.9. The SMILES string of the molecule is CC(Sc1ccc(Br)cc1)C(=O)Nc1cc(C(F)(F)F)ccc1Cl. The molecule has 8 heteroatoms. The summed E-state index contributed by atoms with van der Waals surface area (Å²) >= 11 is 10.5. The Hall–Kier alpha value is -1.18. The van der Waals surface area contributed by atoms with Crippen molar-refractivity contribution in [1.29, 1.82) is 0 Å². The number of carbonyl (C=O) groups excluding carboxylic acids is 1. The lowest BCUT2D eigenvalue weighted by Gasteiger charge is -2.15. The minimum Gasteiger partial charge on any atom is -0.324 e. The molecule has 0 aliphatic heterocycles. The van der Waals surface area contributed by atoms with E-state index >= 15 is 0 Å². The monoisotopic (exact) mass is 437 g/mol. The highest BCUT2D eigenvalue weighted by Crippen LogP contribution is 2.34. The van der Waals surface area contributed by atoms with E-state index in [1.54, 1.807) is 6.92 Å². The molecule has 128 valence electrons. The van der Waals surface area contributed by atoms with Crippen LogP contribution in [0.2, 0.25) is 5.02 Å². The second kappa shape index (κ2) is 7.80. The molecule has 0 saturated carbocycles. The molecule has 0 aliphatic rings. The van der Waals surface area contributed by atoms with E-state index in [0.717, 1.165) is 27.6 Å². The molecule has 0 aliphatic carbocycles. The van der Waals surface area contributed by atoms with Crippen molar-refractivity contribution in [1.82, 2.24) is 0 Å². The second-order valence-corrected chi connectivity index (χ2v) is 7.63. The third-order valence-electron chi connectivity index (χ3n) is 3.05. The van der Waals surface area contributed by atoms with Gasteiger partial charge in [0.15, 0.2) is 0 Å². The minimum atomic E-state index is -4.50. The molecule has 2 aromatic carbocycles. The fourth-order valence-corrected chi connectivity index (χ4v) is 3.10. The van der Waals surface area contributed by atoms with Crippen molar-refractivity contribution >= 4 is 50.9 Å². The van der Waals surface area contributed by atoms with Crippen LogP contribution in [0.15, 0.2) is 51.8 Å². The van der Waals surface area contributed by atoms with Crippen molar-refractivity contribution < 1.29 is 18.0 Å². The van der Waals surface area contributed by atoms with Crippen LogP contribution in [0.3, 0.4) is 0 Å². The Balaban J connectivity index is 2.09. The van der Waals surface area contributed by atoms with Gasteiger partial charge >= 0.3 is 6.18 Å². The fourth-order valence-electron chi connectivity index (χ4n) is 1.80. The number of carbonyl (C=O) groups is 1. The number of hydrogen-bond donors (Lipinski definition) is 1. The van der Waals surface area contributed by atoms with Gasteiger partial charge in [0.2, 0.25) is 5.91 Å². The van der Waals surface area contributed by atoms with E-state index in [9.17, 15) is 18.0 Å². The van der Waals surface area contributed by atoms with Gasteiger partial charge in [0.1, 0.15) is 0 Å². The quantitative estimate of drug-likeness (QED) is 0.572. The third kappa shape index (κ3) is 5.16. The van der Waals surface area contributed by atoms with Crippen molar-refractivity contribution in [2.24, 2.45) is 0 Å². The molecule has 24 heavy (non-hydrogen) atoms. The predicted molar refractivity (Wildman–Crippen MR) is 94.5 cm³/mol. The van der Waals surface area contributed by atoms with Crippen LogP contribution < -0.4 is 5.32 Å². The number of hydrogen-bond acceptors (Lipinski definition) is 2. The number of anilines is 1. The molecule has 2 nitrogen and oxygen atoms in total. The van der Waals surface area contributed by atoms with Crippen molar-refractivity contribution in [2.75, 3.05) is 5.32 Å². The Bertz CT molecular complexity index is 737. The lowest BCUT2D eigenvalue weighted by atomic mass is 10.2. The van der Waals surface area contributed by atoms with Crippen LogP contribution in [0.1, 0.15) is 12.5 Å². The molecule has 0 bridgehead atoms. The Labute approximate surface area is 154 Å². The van der Waals surface area contributed by atoms with Gasteiger partial charge in [0, 0.05) is 9.37 Å². The van der Waals surface area contributed by atoms with E-state index in [2.05, 4.69) is 21.2 Å². The maximum atomic E-state index is 12.8. The summed E-state index contributed by atoms with van der Waals surface area (Å²) in [7, 11) is 0. The molecule has 2 aromatic rings. The van der Waals surface area contributed by atoms with E-state index in [1.807, 2.05) is 24.3 Å². The summed E-state index contributed by atoms with van der Waals surface area (Å²) in [4.78, 5) is 13.1. The number of benzene rings is 2. The normalized spacial score (nSPS) is 12.8. The molecular weight excluding hydrogens is 427 g/mol. The van der Waals surface area contributed by atoms with Crippen LogP contribution in [0.25, 0.3) is 0 Å².